The van der Waals surface area contributed by atoms with E-state index in [4.69, 9.17) is 4.74 Å². The minimum Gasteiger partial charge on any atom is -0.379 e. The Balaban J connectivity index is 0.00000312. The Hall–Kier alpha value is -0.450. The molecule has 0 bridgehead atoms. The van der Waals surface area contributed by atoms with E-state index < -0.39 is 0 Å². The number of rotatable bonds is 7. The van der Waals surface area contributed by atoms with Crippen molar-refractivity contribution in [3.63, 3.8) is 0 Å². The number of benzene rings is 1. The van der Waals surface area contributed by atoms with E-state index in [2.05, 4.69) is 36.5 Å². The Morgan fingerprint density at radius 1 is 1.28 bits per heavy atom. The summed E-state index contributed by atoms with van der Waals surface area (Å²) in [5.74, 6) is 0.512. The zero-order valence-electron chi connectivity index (χ0n) is 14.6. The fourth-order valence-corrected chi connectivity index (χ4v) is 3.06. The van der Waals surface area contributed by atoms with Crippen LogP contribution in [0.25, 0.3) is 0 Å². The van der Waals surface area contributed by atoms with Crippen LogP contribution in [-0.4, -0.2) is 56.8 Å². The molecule has 0 amide bonds. The molecule has 0 spiro atoms. The first-order valence-corrected chi connectivity index (χ1v) is 9.24. The van der Waals surface area contributed by atoms with Crippen molar-refractivity contribution in [3.8, 4) is 0 Å². The van der Waals surface area contributed by atoms with E-state index in [0.717, 1.165) is 68.4 Å². The lowest BCUT2D eigenvalue weighted by Gasteiger charge is -2.26. The van der Waals surface area contributed by atoms with Gasteiger partial charge in [0.2, 0.25) is 0 Å². The summed E-state index contributed by atoms with van der Waals surface area (Å²) in [6, 6.07) is 4.84. The standard InChI is InChI=1S/C17H26BrFN4O.HI/c1-2-20-17(21-4-3-5-23-6-8-24-9-7-23)22-13-14-10-15(18)12-16(19)11-14;/h10-12H,2-9,13H2,1H3,(H2,20,21,22);1H. The molecule has 142 valence electrons. The summed E-state index contributed by atoms with van der Waals surface area (Å²) in [6.07, 6.45) is 1.05. The highest BCUT2D eigenvalue weighted by atomic mass is 127. The number of aliphatic imine (C=N–C) groups is 1. The predicted octanol–water partition coefficient (Wildman–Crippen LogP) is 2.98. The summed E-state index contributed by atoms with van der Waals surface area (Å²) in [5, 5.41) is 6.56. The Kier molecular flexibility index (Phi) is 11.6. The van der Waals surface area contributed by atoms with Crippen LogP contribution in [0.5, 0.6) is 0 Å². The van der Waals surface area contributed by atoms with E-state index in [1.807, 2.05) is 13.0 Å². The highest BCUT2D eigenvalue weighted by Gasteiger charge is 2.09. The molecule has 1 aliphatic heterocycles. The zero-order chi connectivity index (χ0) is 17.2. The van der Waals surface area contributed by atoms with Crippen molar-refractivity contribution >= 4 is 45.9 Å². The van der Waals surface area contributed by atoms with Crippen LogP contribution in [-0.2, 0) is 11.3 Å². The second-order valence-electron chi connectivity index (χ2n) is 5.71. The Morgan fingerprint density at radius 3 is 2.72 bits per heavy atom. The highest BCUT2D eigenvalue weighted by molar-refractivity contribution is 14.0. The van der Waals surface area contributed by atoms with Gasteiger partial charge in [-0.25, -0.2) is 9.38 Å². The molecule has 0 unspecified atom stereocenters. The number of hydrogen-bond acceptors (Lipinski definition) is 3. The van der Waals surface area contributed by atoms with Crippen molar-refractivity contribution in [2.24, 2.45) is 4.99 Å². The monoisotopic (exact) mass is 528 g/mol. The van der Waals surface area contributed by atoms with Crippen molar-refractivity contribution in [1.82, 2.24) is 15.5 Å². The topological polar surface area (TPSA) is 48.9 Å². The number of guanidine groups is 1. The molecule has 1 heterocycles. The first-order valence-electron chi connectivity index (χ1n) is 8.44. The second-order valence-corrected chi connectivity index (χ2v) is 6.62. The van der Waals surface area contributed by atoms with Crippen LogP contribution < -0.4 is 10.6 Å². The maximum atomic E-state index is 13.4. The fourth-order valence-electron chi connectivity index (χ4n) is 2.55. The molecule has 1 aromatic carbocycles. The molecular weight excluding hydrogens is 502 g/mol. The van der Waals surface area contributed by atoms with Gasteiger partial charge in [-0.1, -0.05) is 15.9 Å². The van der Waals surface area contributed by atoms with Crippen LogP contribution in [0.2, 0.25) is 0 Å². The fraction of sp³-hybridized carbons (Fsp3) is 0.588. The van der Waals surface area contributed by atoms with Crippen molar-refractivity contribution in [2.45, 2.75) is 19.9 Å². The van der Waals surface area contributed by atoms with Gasteiger partial charge in [0.1, 0.15) is 5.82 Å². The molecule has 0 radical (unpaired) electrons. The third-order valence-corrected chi connectivity index (χ3v) is 4.19. The molecule has 0 saturated carbocycles. The SMILES string of the molecule is CCNC(=NCc1cc(F)cc(Br)c1)NCCCN1CCOCC1.I. The van der Waals surface area contributed by atoms with Crippen molar-refractivity contribution in [2.75, 3.05) is 45.9 Å². The molecular formula is C17H27BrFIN4O. The maximum absolute atomic E-state index is 13.4. The van der Waals surface area contributed by atoms with Crippen molar-refractivity contribution < 1.29 is 9.13 Å². The largest absolute Gasteiger partial charge is 0.379 e. The number of halogens is 3. The van der Waals surface area contributed by atoms with Gasteiger partial charge < -0.3 is 15.4 Å². The summed E-state index contributed by atoms with van der Waals surface area (Å²) < 4.78 is 19.5. The van der Waals surface area contributed by atoms with Crippen LogP contribution in [0.1, 0.15) is 18.9 Å². The van der Waals surface area contributed by atoms with Gasteiger partial charge >= 0.3 is 0 Å². The lowest BCUT2D eigenvalue weighted by atomic mass is 10.2. The number of morpholine rings is 1. The first kappa shape index (κ1) is 22.6. The van der Waals surface area contributed by atoms with Crippen LogP contribution in [0.3, 0.4) is 0 Å². The number of ether oxygens (including phenoxy) is 1. The summed E-state index contributed by atoms with van der Waals surface area (Å²) in [5.41, 5.74) is 0.840. The quantitative estimate of drug-likeness (QED) is 0.247. The van der Waals surface area contributed by atoms with Crippen LogP contribution in [0, 0.1) is 5.82 Å². The van der Waals surface area contributed by atoms with Gasteiger partial charge in [-0.3, -0.25) is 4.90 Å². The molecule has 0 aliphatic carbocycles. The number of hydrogen-bond donors (Lipinski definition) is 2. The lowest BCUT2D eigenvalue weighted by Crippen LogP contribution is -2.40. The third kappa shape index (κ3) is 9.16. The zero-order valence-corrected chi connectivity index (χ0v) is 18.5. The molecule has 1 fully saturated rings. The number of nitrogens with zero attached hydrogens (tertiary/aromatic N) is 2. The molecule has 1 aliphatic rings. The van der Waals surface area contributed by atoms with Gasteiger partial charge in [-0.2, -0.15) is 0 Å². The van der Waals surface area contributed by atoms with Gasteiger partial charge in [-0.15, -0.1) is 24.0 Å². The van der Waals surface area contributed by atoms with E-state index in [-0.39, 0.29) is 29.8 Å². The molecule has 0 aromatic heterocycles. The smallest absolute Gasteiger partial charge is 0.191 e. The summed E-state index contributed by atoms with van der Waals surface area (Å²) in [6.45, 7) is 8.89. The molecule has 1 aromatic rings. The highest BCUT2D eigenvalue weighted by Crippen LogP contribution is 2.15. The predicted molar refractivity (Wildman–Crippen MR) is 114 cm³/mol. The van der Waals surface area contributed by atoms with Crippen molar-refractivity contribution in [3.05, 3.63) is 34.1 Å². The van der Waals surface area contributed by atoms with Gasteiger partial charge in [0.05, 0.1) is 19.8 Å². The van der Waals surface area contributed by atoms with Gasteiger partial charge in [0.25, 0.3) is 0 Å². The lowest BCUT2D eigenvalue weighted by molar-refractivity contribution is 0.0376. The van der Waals surface area contributed by atoms with Crippen molar-refractivity contribution in [1.29, 1.82) is 0 Å². The molecule has 2 rings (SSSR count). The van der Waals surface area contributed by atoms with E-state index in [0.29, 0.717) is 6.54 Å². The van der Waals surface area contributed by atoms with E-state index in [9.17, 15) is 4.39 Å². The molecule has 25 heavy (non-hydrogen) atoms. The summed E-state index contributed by atoms with van der Waals surface area (Å²) >= 11 is 3.31. The first-order chi connectivity index (χ1) is 11.7. The second kappa shape index (κ2) is 12.8. The maximum Gasteiger partial charge on any atom is 0.191 e. The summed E-state index contributed by atoms with van der Waals surface area (Å²) in [7, 11) is 0. The van der Waals surface area contributed by atoms with E-state index >= 15 is 0 Å². The third-order valence-electron chi connectivity index (χ3n) is 3.73. The Bertz CT molecular complexity index is 521. The molecule has 1 saturated heterocycles. The van der Waals surface area contributed by atoms with E-state index in [1.54, 1.807) is 0 Å². The molecule has 0 atom stereocenters. The van der Waals surface area contributed by atoms with E-state index in [1.165, 1.54) is 12.1 Å². The molecule has 5 nitrogen and oxygen atoms in total. The minimum absolute atomic E-state index is 0. The van der Waals surface area contributed by atoms with Gasteiger partial charge in [0.15, 0.2) is 5.96 Å². The molecule has 2 N–H and O–H groups in total. The van der Waals surface area contributed by atoms with Crippen LogP contribution in [0.15, 0.2) is 27.7 Å². The number of nitrogens with one attached hydrogen (secondary N) is 2. The summed E-state index contributed by atoms with van der Waals surface area (Å²) in [4.78, 5) is 6.94. The molecule has 8 heteroatoms. The minimum atomic E-state index is -0.252. The Labute approximate surface area is 174 Å². The Morgan fingerprint density at radius 2 is 2.04 bits per heavy atom. The normalized spacial score (nSPS) is 15.6. The van der Waals surface area contributed by atoms with Crippen LogP contribution >= 0.6 is 39.9 Å². The van der Waals surface area contributed by atoms with Gasteiger partial charge in [0, 0.05) is 30.7 Å². The average molecular weight is 529 g/mol. The van der Waals surface area contributed by atoms with Crippen LogP contribution in [0.4, 0.5) is 4.39 Å². The van der Waals surface area contributed by atoms with Gasteiger partial charge in [-0.05, 0) is 43.7 Å². The average Bonchev–Trinajstić information content (AvgIpc) is 2.56.